The van der Waals surface area contributed by atoms with Crippen LogP contribution in [0.2, 0.25) is 0 Å². The van der Waals surface area contributed by atoms with Gasteiger partial charge in [0.25, 0.3) is 0 Å². The van der Waals surface area contributed by atoms with Crippen molar-refractivity contribution >= 4 is 0 Å². The number of nitrogens with two attached hydrogens (primary N) is 1. The molecule has 3 aliphatic rings. The average molecular weight is 278 g/mol. The van der Waals surface area contributed by atoms with Crippen LogP contribution in [0.4, 0.5) is 0 Å². The predicted molar refractivity (Wildman–Crippen MR) is 85.7 cm³/mol. The van der Waals surface area contributed by atoms with E-state index in [1.54, 1.807) is 0 Å². The number of rotatable bonds is 4. The van der Waals surface area contributed by atoms with Gasteiger partial charge in [0.15, 0.2) is 0 Å². The van der Waals surface area contributed by atoms with Gasteiger partial charge in [0.1, 0.15) is 0 Å². The van der Waals surface area contributed by atoms with Gasteiger partial charge in [-0.25, -0.2) is 0 Å². The summed E-state index contributed by atoms with van der Waals surface area (Å²) in [5, 5.41) is 0. The van der Waals surface area contributed by atoms with Crippen LogP contribution < -0.4 is 5.73 Å². The highest BCUT2D eigenvalue weighted by atomic mass is 15.2. The van der Waals surface area contributed by atoms with Gasteiger partial charge in [-0.2, -0.15) is 0 Å². The minimum absolute atomic E-state index is 0.778. The van der Waals surface area contributed by atoms with Crippen LogP contribution in [-0.2, 0) is 0 Å². The summed E-state index contributed by atoms with van der Waals surface area (Å²) in [6.45, 7) is 4.65. The van der Waals surface area contributed by atoms with Crippen LogP contribution in [-0.4, -0.2) is 30.1 Å². The SMILES string of the molecule is CCC1CCC(CN)C(N2CCCC2C2CCCC2)C1. The first-order valence-corrected chi connectivity index (χ1v) is 9.29. The normalized spacial score (nSPS) is 40.5. The van der Waals surface area contributed by atoms with Crippen molar-refractivity contribution in [3.05, 3.63) is 0 Å². The van der Waals surface area contributed by atoms with Crippen LogP contribution in [0.5, 0.6) is 0 Å². The lowest BCUT2D eigenvalue weighted by Gasteiger charge is -2.44. The molecule has 1 aliphatic heterocycles. The summed E-state index contributed by atoms with van der Waals surface area (Å²) < 4.78 is 0. The molecule has 2 saturated carbocycles. The van der Waals surface area contributed by atoms with E-state index in [4.69, 9.17) is 5.73 Å². The van der Waals surface area contributed by atoms with Crippen LogP contribution in [0.3, 0.4) is 0 Å². The average Bonchev–Trinajstić information content (AvgIpc) is 3.16. The number of hydrogen-bond donors (Lipinski definition) is 1. The molecule has 0 aromatic carbocycles. The fourth-order valence-corrected chi connectivity index (χ4v) is 5.42. The lowest BCUT2D eigenvalue weighted by atomic mass is 9.76. The van der Waals surface area contributed by atoms with Crippen molar-refractivity contribution in [3.63, 3.8) is 0 Å². The molecule has 2 N–H and O–H groups in total. The van der Waals surface area contributed by atoms with Crippen LogP contribution >= 0.6 is 0 Å². The molecule has 4 unspecified atom stereocenters. The molecule has 2 aliphatic carbocycles. The Hall–Kier alpha value is -0.0800. The summed E-state index contributed by atoms with van der Waals surface area (Å²) in [6.07, 6.45) is 14.5. The summed E-state index contributed by atoms with van der Waals surface area (Å²) in [7, 11) is 0. The highest BCUT2D eigenvalue weighted by molar-refractivity contribution is 4.95. The molecule has 1 saturated heterocycles. The first kappa shape index (κ1) is 14.8. The zero-order valence-electron chi connectivity index (χ0n) is 13.4. The van der Waals surface area contributed by atoms with E-state index in [0.717, 1.165) is 36.4 Å². The molecular formula is C18H34N2. The van der Waals surface area contributed by atoms with E-state index in [-0.39, 0.29) is 0 Å². The first-order valence-electron chi connectivity index (χ1n) is 9.29. The van der Waals surface area contributed by atoms with Gasteiger partial charge in [-0.15, -0.1) is 0 Å². The van der Waals surface area contributed by atoms with Crippen molar-refractivity contribution in [2.45, 2.75) is 83.2 Å². The minimum Gasteiger partial charge on any atom is -0.330 e. The molecular weight excluding hydrogens is 244 g/mol. The zero-order chi connectivity index (χ0) is 13.9. The molecule has 2 nitrogen and oxygen atoms in total. The van der Waals surface area contributed by atoms with Gasteiger partial charge in [-0.3, -0.25) is 4.90 Å². The van der Waals surface area contributed by atoms with Crippen LogP contribution in [0.25, 0.3) is 0 Å². The molecule has 0 amide bonds. The summed E-state index contributed by atoms with van der Waals surface area (Å²) >= 11 is 0. The van der Waals surface area contributed by atoms with Gasteiger partial charge in [0.05, 0.1) is 0 Å². The third kappa shape index (κ3) is 2.92. The molecule has 3 fully saturated rings. The molecule has 0 radical (unpaired) electrons. The third-order valence-corrected chi connectivity index (χ3v) is 6.66. The van der Waals surface area contributed by atoms with E-state index in [0.29, 0.717) is 0 Å². The molecule has 0 spiro atoms. The molecule has 2 heteroatoms. The Morgan fingerprint density at radius 3 is 2.45 bits per heavy atom. The van der Waals surface area contributed by atoms with Crippen molar-refractivity contribution in [1.82, 2.24) is 4.90 Å². The summed E-state index contributed by atoms with van der Waals surface area (Å²) in [6, 6.07) is 1.72. The molecule has 0 aromatic rings. The van der Waals surface area contributed by atoms with E-state index in [2.05, 4.69) is 11.8 Å². The number of hydrogen-bond acceptors (Lipinski definition) is 2. The van der Waals surface area contributed by atoms with E-state index in [1.807, 2.05) is 0 Å². The Kier molecular flexibility index (Phi) is 5.04. The van der Waals surface area contributed by atoms with E-state index >= 15 is 0 Å². The fourth-order valence-electron chi connectivity index (χ4n) is 5.42. The Labute approximate surface area is 125 Å². The van der Waals surface area contributed by atoms with Crippen LogP contribution in [0.15, 0.2) is 0 Å². The maximum atomic E-state index is 6.12. The topological polar surface area (TPSA) is 29.3 Å². The molecule has 4 atom stereocenters. The molecule has 0 bridgehead atoms. The lowest BCUT2D eigenvalue weighted by molar-refractivity contribution is 0.0508. The van der Waals surface area contributed by atoms with E-state index in [9.17, 15) is 0 Å². The molecule has 1 heterocycles. The Balaban J connectivity index is 1.70. The van der Waals surface area contributed by atoms with Gasteiger partial charge < -0.3 is 5.73 Å². The Bertz CT molecular complexity index is 298. The standard InChI is InChI=1S/C18H34N2/c1-2-14-9-10-16(13-19)18(12-14)20-11-5-8-17(20)15-6-3-4-7-15/h14-18H,2-13,19H2,1H3. The van der Waals surface area contributed by atoms with Gasteiger partial charge in [-0.1, -0.05) is 32.6 Å². The summed E-state index contributed by atoms with van der Waals surface area (Å²) in [5.74, 6) is 2.75. The Morgan fingerprint density at radius 1 is 0.950 bits per heavy atom. The second-order valence-corrected chi connectivity index (χ2v) is 7.64. The summed E-state index contributed by atoms with van der Waals surface area (Å²) in [4.78, 5) is 2.94. The molecule has 20 heavy (non-hydrogen) atoms. The minimum atomic E-state index is 0.778. The van der Waals surface area contributed by atoms with E-state index in [1.165, 1.54) is 70.8 Å². The molecule has 0 aromatic heterocycles. The number of nitrogens with zero attached hydrogens (tertiary/aromatic N) is 1. The smallest absolute Gasteiger partial charge is 0.0141 e. The van der Waals surface area contributed by atoms with Crippen molar-refractivity contribution < 1.29 is 0 Å². The monoisotopic (exact) mass is 278 g/mol. The van der Waals surface area contributed by atoms with Crippen molar-refractivity contribution in [3.8, 4) is 0 Å². The van der Waals surface area contributed by atoms with Crippen molar-refractivity contribution in [2.24, 2.45) is 23.5 Å². The third-order valence-electron chi connectivity index (χ3n) is 6.66. The van der Waals surface area contributed by atoms with Crippen molar-refractivity contribution in [1.29, 1.82) is 0 Å². The predicted octanol–water partition coefficient (Wildman–Crippen LogP) is 3.79. The molecule has 116 valence electrons. The van der Waals surface area contributed by atoms with Gasteiger partial charge >= 0.3 is 0 Å². The highest BCUT2D eigenvalue weighted by Crippen LogP contribution is 2.41. The van der Waals surface area contributed by atoms with Crippen LogP contribution in [0.1, 0.15) is 71.1 Å². The lowest BCUT2D eigenvalue weighted by Crippen LogP contribution is -2.50. The largest absolute Gasteiger partial charge is 0.330 e. The van der Waals surface area contributed by atoms with Gasteiger partial charge in [-0.05, 0) is 69.4 Å². The Morgan fingerprint density at radius 2 is 1.75 bits per heavy atom. The molecule has 3 rings (SSSR count). The maximum absolute atomic E-state index is 6.12. The fraction of sp³-hybridized carbons (Fsp3) is 1.00. The van der Waals surface area contributed by atoms with Gasteiger partial charge in [0, 0.05) is 12.1 Å². The van der Waals surface area contributed by atoms with Crippen LogP contribution in [0, 0.1) is 17.8 Å². The first-order chi connectivity index (χ1) is 9.83. The quantitative estimate of drug-likeness (QED) is 0.847. The second kappa shape index (κ2) is 6.79. The van der Waals surface area contributed by atoms with E-state index < -0.39 is 0 Å². The van der Waals surface area contributed by atoms with Crippen molar-refractivity contribution in [2.75, 3.05) is 13.1 Å². The second-order valence-electron chi connectivity index (χ2n) is 7.64. The highest BCUT2D eigenvalue weighted by Gasteiger charge is 2.41. The number of likely N-dealkylation sites (tertiary alicyclic amines) is 1. The summed E-state index contributed by atoms with van der Waals surface area (Å²) in [5.41, 5.74) is 6.12. The maximum Gasteiger partial charge on any atom is 0.0141 e. The van der Waals surface area contributed by atoms with Gasteiger partial charge in [0.2, 0.25) is 0 Å². The zero-order valence-corrected chi connectivity index (χ0v) is 13.4.